The van der Waals surface area contributed by atoms with Crippen molar-refractivity contribution in [1.82, 2.24) is 0 Å². The van der Waals surface area contributed by atoms with E-state index < -0.39 is 12.1 Å². The molecule has 0 N–H and O–H groups in total. The van der Waals surface area contributed by atoms with E-state index in [1.807, 2.05) is 12.2 Å². The Hall–Kier alpha value is -4.71. The van der Waals surface area contributed by atoms with E-state index in [-0.39, 0.29) is 31.6 Å². The fraction of sp³-hybridized carbons (Fsp3) is 0.571. The zero-order valence-electron chi connectivity index (χ0n) is 44.0. The third kappa shape index (κ3) is 54.1. The Morgan fingerprint density at radius 3 is 0.942 bits per heavy atom. The second-order valence-corrected chi connectivity index (χ2v) is 17.4. The maximum absolute atomic E-state index is 12.8. The van der Waals surface area contributed by atoms with Gasteiger partial charge < -0.3 is 14.2 Å². The van der Waals surface area contributed by atoms with Crippen LogP contribution in [0.4, 0.5) is 0 Å². The van der Waals surface area contributed by atoms with E-state index in [0.717, 1.165) is 141 Å². The van der Waals surface area contributed by atoms with E-state index in [2.05, 4.69) is 154 Å². The zero-order valence-corrected chi connectivity index (χ0v) is 44.0. The van der Waals surface area contributed by atoms with Crippen molar-refractivity contribution in [3.05, 3.63) is 146 Å². The van der Waals surface area contributed by atoms with Crippen LogP contribution in [-0.4, -0.2) is 37.2 Å². The first-order chi connectivity index (χ1) is 34.0. The highest BCUT2D eigenvalue weighted by Crippen LogP contribution is 2.12. The molecule has 6 nitrogen and oxygen atoms in total. The van der Waals surface area contributed by atoms with E-state index in [1.165, 1.54) is 25.7 Å². The summed E-state index contributed by atoms with van der Waals surface area (Å²) in [5, 5.41) is 0. The minimum absolute atomic E-state index is 0.130. The van der Waals surface area contributed by atoms with E-state index in [1.54, 1.807) is 0 Å². The molecule has 0 radical (unpaired) electrons. The van der Waals surface area contributed by atoms with Crippen molar-refractivity contribution in [3.8, 4) is 0 Å². The Morgan fingerprint density at radius 2 is 0.594 bits per heavy atom. The molecule has 0 aromatic carbocycles. The van der Waals surface area contributed by atoms with Gasteiger partial charge in [0.05, 0.1) is 0 Å². The Balaban J connectivity index is 4.61. The Morgan fingerprint density at radius 1 is 0.304 bits per heavy atom. The second-order valence-electron chi connectivity index (χ2n) is 17.4. The predicted molar refractivity (Wildman–Crippen MR) is 297 cm³/mol. The molecule has 0 unspecified atom stereocenters. The van der Waals surface area contributed by atoms with Gasteiger partial charge in [0.15, 0.2) is 6.10 Å². The fourth-order valence-electron chi connectivity index (χ4n) is 6.78. The summed E-state index contributed by atoms with van der Waals surface area (Å²) in [6.45, 7) is 6.27. The van der Waals surface area contributed by atoms with E-state index in [4.69, 9.17) is 14.2 Å². The number of carbonyl (C=O) groups excluding carboxylic acids is 3. The molecule has 0 aliphatic carbocycles. The van der Waals surface area contributed by atoms with Crippen LogP contribution in [-0.2, 0) is 28.6 Å². The fourth-order valence-corrected chi connectivity index (χ4v) is 6.78. The third-order valence-corrected chi connectivity index (χ3v) is 10.8. The van der Waals surface area contributed by atoms with Gasteiger partial charge in [0.1, 0.15) is 13.2 Å². The zero-order chi connectivity index (χ0) is 50.0. The summed E-state index contributed by atoms with van der Waals surface area (Å²) in [7, 11) is 0. The van der Waals surface area contributed by atoms with Crippen molar-refractivity contribution < 1.29 is 28.6 Å². The lowest BCUT2D eigenvalue weighted by atomic mass is 10.1. The molecular weight excluding hydrogens is 853 g/mol. The summed E-state index contributed by atoms with van der Waals surface area (Å²) in [5.41, 5.74) is 0. The maximum atomic E-state index is 12.8. The standard InChI is InChI=1S/C63H98O6/c1-4-7-10-13-16-19-22-25-28-30-31-33-36-39-42-45-48-51-54-57-63(66)69-60(58-67-61(64)55-52-49-46-43-40-37-34-27-24-21-18-15-12-9-6-3)59-68-62(65)56-53-50-47-44-41-38-35-32-29-26-23-20-17-14-11-8-5-2/h7-8,10-11,16-21,25-29,31,33-35,38-39,42,48,51,60H,4-6,9,12-15,22-24,30,32,36-37,40-41,43-47,49-50,52-59H2,1-3H3/b10-7-,11-8-,19-16-,20-17-,21-18-,28-25-,29-26-,33-31-,34-27-,38-35-,42-39-,51-48-/t60-/m0/s1. The molecule has 0 saturated heterocycles. The summed E-state index contributed by atoms with van der Waals surface area (Å²) in [6, 6.07) is 0. The first-order valence-corrected chi connectivity index (χ1v) is 27.3. The Kier molecular flexibility index (Phi) is 52.1. The molecule has 6 heteroatoms. The highest BCUT2D eigenvalue weighted by molar-refractivity contribution is 5.71. The number of rotatable bonds is 47. The summed E-state index contributed by atoms with van der Waals surface area (Å²) in [4.78, 5) is 38.1. The normalized spacial score (nSPS) is 13.3. The number of ether oxygens (including phenoxy) is 3. The molecule has 0 aliphatic heterocycles. The van der Waals surface area contributed by atoms with Gasteiger partial charge >= 0.3 is 17.9 Å². The molecule has 0 aromatic heterocycles. The lowest BCUT2D eigenvalue weighted by molar-refractivity contribution is -0.166. The van der Waals surface area contributed by atoms with Gasteiger partial charge in [-0.15, -0.1) is 0 Å². The molecule has 0 heterocycles. The minimum Gasteiger partial charge on any atom is -0.462 e. The van der Waals surface area contributed by atoms with Crippen LogP contribution in [0.1, 0.15) is 213 Å². The topological polar surface area (TPSA) is 78.9 Å². The van der Waals surface area contributed by atoms with Gasteiger partial charge in [-0.25, -0.2) is 0 Å². The smallest absolute Gasteiger partial charge is 0.306 e. The van der Waals surface area contributed by atoms with E-state index >= 15 is 0 Å². The number of esters is 3. The van der Waals surface area contributed by atoms with Crippen molar-refractivity contribution in [3.63, 3.8) is 0 Å². The molecule has 0 amide bonds. The third-order valence-electron chi connectivity index (χ3n) is 10.8. The highest BCUT2D eigenvalue weighted by Gasteiger charge is 2.19. The molecule has 0 fully saturated rings. The van der Waals surface area contributed by atoms with Crippen molar-refractivity contribution in [2.45, 2.75) is 219 Å². The summed E-state index contributed by atoms with van der Waals surface area (Å²) >= 11 is 0. The summed E-state index contributed by atoms with van der Waals surface area (Å²) in [6.07, 6.45) is 79.8. The minimum atomic E-state index is -0.841. The van der Waals surface area contributed by atoms with Crippen molar-refractivity contribution in [1.29, 1.82) is 0 Å². The molecule has 0 rings (SSSR count). The van der Waals surface area contributed by atoms with Gasteiger partial charge in [0.25, 0.3) is 0 Å². The molecule has 386 valence electrons. The maximum Gasteiger partial charge on any atom is 0.306 e. The lowest BCUT2D eigenvalue weighted by Crippen LogP contribution is -2.30. The van der Waals surface area contributed by atoms with Gasteiger partial charge in [0.2, 0.25) is 0 Å². The second kappa shape index (κ2) is 55.9. The predicted octanol–water partition coefficient (Wildman–Crippen LogP) is 18.4. The quantitative estimate of drug-likeness (QED) is 0.0262. The largest absolute Gasteiger partial charge is 0.462 e. The summed E-state index contributed by atoms with van der Waals surface area (Å²) < 4.78 is 16.7. The van der Waals surface area contributed by atoms with Crippen LogP contribution in [0.5, 0.6) is 0 Å². The number of carbonyl (C=O) groups is 3. The van der Waals surface area contributed by atoms with Crippen LogP contribution >= 0.6 is 0 Å². The number of hydrogen-bond acceptors (Lipinski definition) is 6. The van der Waals surface area contributed by atoms with E-state index in [0.29, 0.717) is 19.3 Å². The lowest BCUT2D eigenvalue weighted by Gasteiger charge is -2.18. The monoisotopic (exact) mass is 951 g/mol. The van der Waals surface area contributed by atoms with E-state index in [9.17, 15) is 14.4 Å². The average Bonchev–Trinajstić information content (AvgIpc) is 3.35. The summed E-state index contributed by atoms with van der Waals surface area (Å²) in [5.74, 6) is -1.06. The first-order valence-electron chi connectivity index (χ1n) is 27.3. The van der Waals surface area contributed by atoms with Crippen LogP contribution in [0.25, 0.3) is 0 Å². The molecule has 0 aliphatic rings. The molecule has 0 spiro atoms. The molecular formula is C63H98O6. The average molecular weight is 951 g/mol. The van der Waals surface area contributed by atoms with Crippen molar-refractivity contribution >= 4 is 17.9 Å². The van der Waals surface area contributed by atoms with Crippen LogP contribution in [0.15, 0.2) is 146 Å². The molecule has 1 atom stereocenters. The Labute approximate surface area is 423 Å². The number of hydrogen-bond donors (Lipinski definition) is 0. The SMILES string of the molecule is CC/C=C\C/C=C\C/C=C\C/C=C\C/C=C\C/C=C\CCC(=O)O[C@H](COC(=O)CCCCCC/C=C\C/C=C\C/C=C\C/C=C\CC)COC(=O)CCCCCCC/C=C\C/C=C\CCCCC. The number of unbranched alkanes of at least 4 members (excludes halogenated alkanes) is 12. The molecule has 69 heavy (non-hydrogen) atoms. The van der Waals surface area contributed by atoms with Crippen LogP contribution in [0.2, 0.25) is 0 Å². The molecule has 0 bridgehead atoms. The number of allylic oxidation sites excluding steroid dienone is 24. The van der Waals surface area contributed by atoms with Crippen LogP contribution < -0.4 is 0 Å². The first kappa shape index (κ1) is 64.3. The van der Waals surface area contributed by atoms with Gasteiger partial charge in [-0.1, -0.05) is 212 Å². The highest BCUT2D eigenvalue weighted by atomic mass is 16.6. The van der Waals surface area contributed by atoms with Gasteiger partial charge in [0, 0.05) is 19.3 Å². The Bertz CT molecular complexity index is 1560. The van der Waals surface area contributed by atoms with Crippen molar-refractivity contribution in [2.24, 2.45) is 0 Å². The molecule has 0 aromatic rings. The molecule has 0 saturated carbocycles. The van der Waals surface area contributed by atoms with Gasteiger partial charge in [-0.3, -0.25) is 14.4 Å². The van der Waals surface area contributed by atoms with Gasteiger partial charge in [-0.2, -0.15) is 0 Å². The van der Waals surface area contributed by atoms with Crippen molar-refractivity contribution in [2.75, 3.05) is 13.2 Å². The van der Waals surface area contributed by atoms with Crippen LogP contribution in [0, 0.1) is 0 Å². The van der Waals surface area contributed by atoms with Gasteiger partial charge in [-0.05, 0) is 128 Å². The van der Waals surface area contributed by atoms with Crippen LogP contribution in [0.3, 0.4) is 0 Å².